The van der Waals surface area contributed by atoms with Crippen molar-refractivity contribution < 1.29 is 9.90 Å². The average molecular weight is 240 g/mol. The molecule has 1 rings (SSSR count). The molecule has 0 aliphatic heterocycles. The lowest BCUT2D eigenvalue weighted by Crippen LogP contribution is -2.29. The molecular formula is C11H16N2O2S. The highest BCUT2D eigenvalue weighted by Crippen LogP contribution is 2.12. The smallest absolute Gasteiger partial charge is 0.317 e. The molecule has 5 heteroatoms. The Kier molecular flexibility index (Phi) is 5.14. The third kappa shape index (κ3) is 4.12. The zero-order chi connectivity index (χ0) is 12.0. The molecule has 1 heterocycles. The quantitative estimate of drug-likeness (QED) is 0.738. The molecule has 1 aromatic heterocycles. The summed E-state index contributed by atoms with van der Waals surface area (Å²) in [5.74, 6) is -0.826. The highest BCUT2D eigenvalue weighted by Gasteiger charge is 2.10. The molecule has 0 saturated carbocycles. The number of nitrogens with zero attached hydrogens (tertiary/aromatic N) is 2. The summed E-state index contributed by atoms with van der Waals surface area (Å²) in [6, 6.07) is 0. The van der Waals surface area contributed by atoms with Crippen LogP contribution in [0.15, 0.2) is 18.0 Å². The third-order valence-electron chi connectivity index (χ3n) is 2.03. The predicted octanol–water partition coefficient (Wildman–Crippen LogP) is 1.78. The van der Waals surface area contributed by atoms with Crippen LogP contribution in [0.3, 0.4) is 0 Å². The van der Waals surface area contributed by atoms with E-state index in [-0.39, 0.29) is 6.54 Å². The van der Waals surface area contributed by atoms with Crippen LogP contribution in [0.5, 0.6) is 0 Å². The molecule has 0 aliphatic carbocycles. The van der Waals surface area contributed by atoms with Crippen LogP contribution in [0.4, 0.5) is 0 Å². The zero-order valence-corrected chi connectivity index (χ0v) is 10.2. The second-order valence-corrected chi connectivity index (χ2v) is 4.38. The molecule has 0 aliphatic rings. The van der Waals surface area contributed by atoms with Gasteiger partial charge in [0.05, 0.1) is 17.2 Å². The molecule has 88 valence electrons. The highest BCUT2D eigenvalue weighted by molar-refractivity contribution is 7.09. The zero-order valence-electron chi connectivity index (χ0n) is 9.35. The molecular weight excluding hydrogens is 224 g/mol. The molecule has 1 N–H and O–H groups in total. The molecule has 0 radical (unpaired) electrons. The Hall–Kier alpha value is -1.20. The summed E-state index contributed by atoms with van der Waals surface area (Å²) in [5.41, 5.74) is 0.935. The molecule has 1 aromatic rings. The lowest BCUT2D eigenvalue weighted by molar-refractivity contribution is -0.138. The summed E-state index contributed by atoms with van der Waals surface area (Å²) >= 11 is 1.62. The molecule has 0 unspecified atom stereocenters. The molecule has 0 spiro atoms. The van der Waals surface area contributed by atoms with Gasteiger partial charge in [-0.05, 0) is 6.42 Å². The maximum atomic E-state index is 10.6. The van der Waals surface area contributed by atoms with Crippen molar-refractivity contribution in [2.45, 2.75) is 19.9 Å². The van der Waals surface area contributed by atoms with Crippen molar-refractivity contribution in [2.24, 2.45) is 0 Å². The molecule has 4 nitrogen and oxygen atoms in total. The Morgan fingerprint density at radius 1 is 1.75 bits per heavy atom. The van der Waals surface area contributed by atoms with Crippen molar-refractivity contribution >= 4 is 17.3 Å². The van der Waals surface area contributed by atoms with Gasteiger partial charge in [0, 0.05) is 18.5 Å². The van der Waals surface area contributed by atoms with Crippen LogP contribution in [0, 0.1) is 0 Å². The van der Waals surface area contributed by atoms with Gasteiger partial charge in [-0.2, -0.15) is 0 Å². The maximum Gasteiger partial charge on any atom is 0.317 e. The number of carboxylic acid groups (broad SMARTS) is 1. The molecule has 0 amide bonds. The SMILES string of the molecule is C=CCN(CC(=O)O)Cc1csc(CC)n1. The van der Waals surface area contributed by atoms with Crippen LogP contribution in [0.25, 0.3) is 0 Å². The van der Waals surface area contributed by atoms with Crippen molar-refractivity contribution in [1.82, 2.24) is 9.88 Å². The van der Waals surface area contributed by atoms with Gasteiger partial charge < -0.3 is 5.11 Å². The number of aliphatic carboxylic acids is 1. The first-order valence-corrected chi connectivity index (χ1v) is 6.02. The van der Waals surface area contributed by atoms with E-state index in [1.54, 1.807) is 22.3 Å². The summed E-state index contributed by atoms with van der Waals surface area (Å²) in [6.45, 7) is 6.82. The van der Waals surface area contributed by atoms with Gasteiger partial charge in [0.2, 0.25) is 0 Å². The number of hydrogen-bond donors (Lipinski definition) is 1. The Labute approximate surface area is 99.2 Å². The number of rotatable bonds is 7. The number of carbonyl (C=O) groups is 1. The van der Waals surface area contributed by atoms with Gasteiger partial charge in [-0.1, -0.05) is 13.0 Å². The van der Waals surface area contributed by atoms with Gasteiger partial charge in [-0.25, -0.2) is 4.98 Å². The molecule has 0 fully saturated rings. The largest absolute Gasteiger partial charge is 0.480 e. The Morgan fingerprint density at radius 3 is 3.00 bits per heavy atom. The van der Waals surface area contributed by atoms with Gasteiger partial charge in [0.25, 0.3) is 0 Å². The Morgan fingerprint density at radius 2 is 2.50 bits per heavy atom. The predicted molar refractivity (Wildman–Crippen MR) is 64.6 cm³/mol. The average Bonchev–Trinajstić information content (AvgIpc) is 2.65. The van der Waals surface area contributed by atoms with E-state index in [0.717, 1.165) is 17.1 Å². The van der Waals surface area contributed by atoms with Gasteiger partial charge in [-0.3, -0.25) is 9.69 Å². The minimum atomic E-state index is -0.826. The number of hydrogen-bond acceptors (Lipinski definition) is 4. The van der Waals surface area contributed by atoms with Crippen molar-refractivity contribution in [1.29, 1.82) is 0 Å². The first-order chi connectivity index (χ1) is 7.65. The first kappa shape index (κ1) is 12.9. The molecule has 0 bridgehead atoms. The summed E-state index contributed by atoms with van der Waals surface area (Å²) in [6.07, 6.45) is 2.63. The van der Waals surface area contributed by atoms with Gasteiger partial charge in [0.15, 0.2) is 0 Å². The van der Waals surface area contributed by atoms with E-state index >= 15 is 0 Å². The van der Waals surface area contributed by atoms with E-state index in [9.17, 15) is 4.79 Å². The van der Waals surface area contributed by atoms with E-state index in [1.807, 2.05) is 5.38 Å². The maximum absolute atomic E-state index is 10.6. The van der Waals surface area contributed by atoms with Crippen molar-refractivity contribution in [3.05, 3.63) is 28.7 Å². The summed E-state index contributed by atoms with van der Waals surface area (Å²) in [5, 5.41) is 11.8. The summed E-state index contributed by atoms with van der Waals surface area (Å²) in [7, 11) is 0. The highest BCUT2D eigenvalue weighted by atomic mass is 32.1. The van der Waals surface area contributed by atoms with Crippen LogP contribution in [0.2, 0.25) is 0 Å². The van der Waals surface area contributed by atoms with E-state index in [4.69, 9.17) is 5.11 Å². The Bertz CT molecular complexity index is 363. The number of aromatic nitrogens is 1. The van der Waals surface area contributed by atoms with E-state index in [0.29, 0.717) is 13.1 Å². The van der Waals surface area contributed by atoms with Crippen molar-refractivity contribution in [3.8, 4) is 0 Å². The second-order valence-electron chi connectivity index (χ2n) is 3.44. The number of carboxylic acids is 1. The molecule has 16 heavy (non-hydrogen) atoms. The van der Waals surface area contributed by atoms with E-state index in [2.05, 4.69) is 18.5 Å². The van der Waals surface area contributed by atoms with Gasteiger partial charge in [-0.15, -0.1) is 17.9 Å². The third-order valence-corrected chi connectivity index (χ3v) is 3.08. The van der Waals surface area contributed by atoms with Crippen molar-refractivity contribution in [2.75, 3.05) is 13.1 Å². The van der Waals surface area contributed by atoms with Crippen molar-refractivity contribution in [3.63, 3.8) is 0 Å². The van der Waals surface area contributed by atoms with E-state index in [1.165, 1.54) is 0 Å². The lowest BCUT2D eigenvalue weighted by Gasteiger charge is -2.16. The topological polar surface area (TPSA) is 53.4 Å². The lowest BCUT2D eigenvalue weighted by atomic mass is 10.4. The second kappa shape index (κ2) is 6.40. The number of aryl methyl sites for hydroxylation is 1. The van der Waals surface area contributed by atoms with Crippen LogP contribution < -0.4 is 0 Å². The van der Waals surface area contributed by atoms with Gasteiger partial charge >= 0.3 is 5.97 Å². The minimum absolute atomic E-state index is 0.0189. The van der Waals surface area contributed by atoms with Crippen LogP contribution in [-0.2, 0) is 17.8 Å². The standard InChI is InChI=1S/C11H16N2O2S/c1-3-5-13(7-11(14)15)6-9-8-16-10(4-2)12-9/h3,8H,1,4-7H2,2H3,(H,14,15). The molecule has 0 aromatic carbocycles. The molecule has 0 atom stereocenters. The fraction of sp³-hybridized carbons (Fsp3) is 0.455. The van der Waals surface area contributed by atoms with E-state index < -0.39 is 5.97 Å². The minimum Gasteiger partial charge on any atom is -0.480 e. The number of thiazole rings is 1. The van der Waals surface area contributed by atoms with Crippen LogP contribution in [-0.4, -0.2) is 34.0 Å². The fourth-order valence-corrected chi connectivity index (χ4v) is 2.11. The Balaban J connectivity index is 2.59. The first-order valence-electron chi connectivity index (χ1n) is 5.14. The summed E-state index contributed by atoms with van der Waals surface area (Å²) in [4.78, 5) is 16.8. The van der Waals surface area contributed by atoms with Crippen LogP contribution >= 0.6 is 11.3 Å². The fourth-order valence-electron chi connectivity index (χ4n) is 1.37. The van der Waals surface area contributed by atoms with Crippen LogP contribution in [0.1, 0.15) is 17.6 Å². The normalized spacial score (nSPS) is 10.6. The monoisotopic (exact) mass is 240 g/mol. The van der Waals surface area contributed by atoms with Gasteiger partial charge in [0.1, 0.15) is 0 Å². The molecule has 0 saturated heterocycles. The summed E-state index contributed by atoms with van der Waals surface area (Å²) < 4.78 is 0.